The monoisotopic (exact) mass is 354 g/mol. The van der Waals surface area contributed by atoms with E-state index in [0.29, 0.717) is 26.1 Å². The second-order valence-corrected chi connectivity index (χ2v) is 6.86. The lowest BCUT2D eigenvalue weighted by Crippen LogP contribution is -2.41. The van der Waals surface area contributed by atoms with Crippen LogP contribution in [0, 0.1) is 19.8 Å². The van der Waals surface area contributed by atoms with Gasteiger partial charge in [0, 0.05) is 24.6 Å². The number of pyridine rings is 1. The maximum atomic E-state index is 12.6. The van der Waals surface area contributed by atoms with Crippen LogP contribution in [0.25, 0.3) is 5.65 Å². The summed E-state index contributed by atoms with van der Waals surface area (Å²) in [6.45, 7) is 4.97. The van der Waals surface area contributed by atoms with E-state index >= 15 is 0 Å². The molecule has 136 valence electrons. The molecule has 0 radical (unpaired) electrons. The Morgan fingerprint density at radius 2 is 2.23 bits per heavy atom. The average Bonchev–Trinajstić information content (AvgIpc) is 3.30. The summed E-state index contributed by atoms with van der Waals surface area (Å²) >= 11 is 0. The Morgan fingerprint density at radius 3 is 3.04 bits per heavy atom. The van der Waals surface area contributed by atoms with Gasteiger partial charge in [0.1, 0.15) is 11.4 Å². The fourth-order valence-corrected chi connectivity index (χ4v) is 3.52. The quantitative estimate of drug-likeness (QED) is 0.756. The molecule has 1 saturated heterocycles. The largest absolute Gasteiger partial charge is 0.379 e. The van der Waals surface area contributed by atoms with Crippen molar-refractivity contribution in [3.05, 3.63) is 53.3 Å². The summed E-state index contributed by atoms with van der Waals surface area (Å²) in [5.74, 6) is 0.998. The molecule has 1 N–H and O–H groups in total. The molecule has 2 atom stereocenters. The number of nitrogens with zero attached hydrogens (tertiary/aromatic N) is 3. The zero-order chi connectivity index (χ0) is 18.1. The van der Waals surface area contributed by atoms with Crippen molar-refractivity contribution in [3.63, 3.8) is 0 Å². The second-order valence-electron chi connectivity index (χ2n) is 6.86. The lowest BCUT2D eigenvalue weighted by molar-refractivity contribution is -0.121. The molecule has 0 aliphatic carbocycles. The van der Waals surface area contributed by atoms with Gasteiger partial charge in [-0.15, -0.1) is 0 Å². The van der Waals surface area contributed by atoms with Gasteiger partial charge < -0.3 is 19.0 Å². The van der Waals surface area contributed by atoms with Crippen molar-refractivity contribution in [1.82, 2.24) is 19.9 Å². The summed E-state index contributed by atoms with van der Waals surface area (Å²) in [5, 5.41) is 7.04. The van der Waals surface area contributed by atoms with Crippen LogP contribution in [0.5, 0.6) is 0 Å². The van der Waals surface area contributed by atoms with Crippen LogP contribution in [-0.2, 0) is 22.4 Å². The smallest absolute Gasteiger partial charge is 0.226 e. The number of carbonyl (C=O) groups excluding carboxylic acids is 1. The van der Waals surface area contributed by atoms with Gasteiger partial charge in [0.2, 0.25) is 5.91 Å². The minimum Gasteiger partial charge on any atom is -0.379 e. The summed E-state index contributed by atoms with van der Waals surface area (Å²) in [4.78, 5) is 17.1. The molecule has 1 aliphatic rings. The highest BCUT2D eigenvalue weighted by atomic mass is 16.5. The minimum atomic E-state index is -0.0209. The summed E-state index contributed by atoms with van der Waals surface area (Å²) in [6.07, 6.45) is 2.94. The first-order chi connectivity index (χ1) is 12.6. The zero-order valence-corrected chi connectivity index (χ0v) is 14.9. The predicted octanol–water partition coefficient (Wildman–Crippen LogP) is 1.86. The van der Waals surface area contributed by atoms with Gasteiger partial charge in [0.15, 0.2) is 0 Å². The molecule has 4 heterocycles. The third-order valence-electron chi connectivity index (χ3n) is 4.84. The second kappa shape index (κ2) is 6.92. The van der Waals surface area contributed by atoms with Crippen LogP contribution < -0.4 is 5.32 Å². The number of hydrogen-bond acceptors (Lipinski definition) is 5. The molecule has 0 saturated carbocycles. The number of aromatic nitrogens is 3. The van der Waals surface area contributed by atoms with Crippen LogP contribution in [-0.4, -0.2) is 39.7 Å². The van der Waals surface area contributed by atoms with Crippen molar-refractivity contribution in [3.8, 4) is 0 Å². The van der Waals surface area contributed by atoms with Crippen LogP contribution >= 0.6 is 0 Å². The third-order valence-corrected chi connectivity index (χ3v) is 4.84. The molecule has 1 fully saturated rings. The summed E-state index contributed by atoms with van der Waals surface area (Å²) in [5.41, 5.74) is 3.51. The number of aryl methyl sites for hydroxylation is 2. The number of fused-ring (bicyclic) bond motifs is 1. The summed E-state index contributed by atoms with van der Waals surface area (Å²) in [7, 11) is 0. The number of ether oxygens (including phenoxy) is 1. The topological polar surface area (TPSA) is 81.7 Å². The molecule has 3 aromatic rings. The van der Waals surface area contributed by atoms with E-state index in [-0.39, 0.29) is 17.9 Å². The number of imidazole rings is 1. The van der Waals surface area contributed by atoms with Gasteiger partial charge in [0.25, 0.3) is 0 Å². The molecule has 1 amide bonds. The Morgan fingerprint density at radius 1 is 1.35 bits per heavy atom. The van der Waals surface area contributed by atoms with Gasteiger partial charge in [-0.3, -0.25) is 4.79 Å². The Labute approximate surface area is 151 Å². The Balaban J connectivity index is 1.43. The van der Waals surface area contributed by atoms with Crippen molar-refractivity contribution >= 4 is 11.6 Å². The van der Waals surface area contributed by atoms with Crippen LogP contribution in [0.2, 0.25) is 0 Å². The van der Waals surface area contributed by atoms with Crippen LogP contribution in [0.1, 0.15) is 22.8 Å². The van der Waals surface area contributed by atoms with Gasteiger partial charge >= 0.3 is 0 Å². The normalized spacial score (nSPS) is 19.9. The molecule has 0 bridgehead atoms. The summed E-state index contributed by atoms with van der Waals surface area (Å²) in [6, 6.07) is 7.73. The van der Waals surface area contributed by atoms with Crippen LogP contribution in [0.4, 0.5) is 0 Å². The highest BCUT2D eigenvalue weighted by Crippen LogP contribution is 2.20. The molecule has 7 nitrogen and oxygen atoms in total. The average molecular weight is 354 g/mol. The molecule has 1 aliphatic heterocycles. The minimum absolute atomic E-state index is 0.0204. The molecular formula is C19H22N4O3. The van der Waals surface area contributed by atoms with Gasteiger partial charge in [-0.2, -0.15) is 0 Å². The van der Waals surface area contributed by atoms with E-state index in [2.05, 4.69) is 15.5 Å². The first-order valence-electron chi connectivity index (χ1n) is 8.82. The molecule has 0 unspecified atom stereocenters. The van der Waals surface area contributed by atoms with Crippen molar-refractivity contribution in [1.29, 1.82) is 0 Å². The van der Waals surface area contributed by atoms with E-state index in [9.17, 15) is 4.79 Å². The molecule has 0 aromatic carbocycles. The first-order valence-corrected chi connectivity index (χ1v) is 8.82. The van der Waals surface area contributed by atoms with Crippen molar-refractivity contribution in [2.45, 2.75) is 32.7 Å². The SMILES string of the molecule is Cc1cc(C[C@@H]2COC[C@@H]2NC(=O)Cc2c(C)nc3ccccn23)on1. The van der Waals surface area contributed by atoms with Gasteiger partial charge in [-0.05, 0) is 26.0 Å². The van der Waals surface area contributed by atoms with Gasteiger partial charge in [0.05, 0.1) is 42.8 Å². The van der Waals surface area contributed by atoms with Crippen molar-refractivity contribution < 1.29 is 14.1 Å². The van der Waals surface area contributed by atoms with E-state index in [4.69, 9.17) is 9.26 Å². The third kappa shape index (κ3) is 3.35. The van der Waals surface area contributed by atoms with E-state index in [0.717, 1.165) is 28.5 Å². The standard InChI is InChI=1S/C19H22N4O3/c1-12-7-15(26-22-12)8-14-10-25-11-16(14)21-19(24)9-17-13(2)20-18-5-3-4-6-23(17)18/h3-7,14,16H,8-11H2,1-2H3,(H,21,24)/t14-,16+/m1/s1. The maximum Gasteiger partial charge on any atom is 0.226 e. The lowest BCUT2D eigenvalue weighted by Gasteiger charge is -2.18. The van der Waals surface area contributed by atoms with Crippen LogP contribution in [0.3, 0.4) is 0 Å². The highest BCUT2D eigenvalue weighted by Gasteiger charge is 2.31. The lowest BCUT2D eigenvalue weighted by atomic mass is 9.98. The van der Waals surface area contributed by atoms with Crippen molar-refractivity contribution in [2.24, 2.45) is 5.92 Å². The highest BCUT2D eigenvalue weighted by molar-refractivity contribution is 5.79. The molecule has 3 aromatic heterocycles. The van der Waals surface area contributed by atoms with E-state index < -0.39 is 0 Å². The maximum absolute atomic E-state index is 12.6. The number of rotatable bonds is 5. The number of hydrogen-bond donors (Lipinski definition) is 1. The van der Waals surface area contributed by atoms with Crippen LogP contribution in [0.15, 0.2) is 35.0 Å². The van der Waals surface area contributed by atoms with E-state index in [1.807, 2.05) is 48.7 Å². The Hall–Kier alpha value is -2.67. The van der Waals surface area contributed by atoms with E-state index in [1.165, 1.54) is 0 Å². The fourth-order valence-electron chi connectivity index (χ4n) is 3.52. The molecule has 7 heteroatoms. The fraction of sp³-hybridized carbons (Fsp3) is 0.421. The number of carbonyl (C=O) groups is 1. The zero-order valence-electron chi connectivity index (χ0n) is 14.9. The Bertz CT molecular complexity index is 930. The Kier molecular flexibility index (Phi) is 4.46. The molecule has 4 rings (SSSR count). The molecule has 0 spiro atoms. The summed E-state index contributed by atoms with van der Waals surface area (Å²) < 4.78 is 12.9. The number of nitrogens with one attached hydrogen (secondary N) is 1. The van der Waals surface area contributed by atoms with Crippen molar-refractivity contribution in [2.75, 3.05) is 13.2 Å². The molecular weight excluding hydrogens is 332 g/mol. The van der Waals surface area contributed by atoms with Gasteiger partial charge in [-0.1, -0.05) is 11.2 Å². The predicted molar refractivity (Wildman–Crippen MR) is 94.8 cm³/mol. The molecule has 26 heavy (non-hydrogen) atoms. The number of amides is 1. The first kappa shape index (κ1) is 16.8. The van der Waals surface area contributed by atoms with E-state index in [1.54, 1.807) is 0 Å². The van der Waals surface area contributed by atoms with Gasteiger partial charge in [-0.25, -0.2) is 4.98 Å².